The van der Waals surface area contributed by atoms with Gasteiger partial charge in [0, 0.05) is 15.7 Å². The maximum absolute atomic E-state index is 12.2. The van der Waals surface area contributed by atoms with Crippen LogP contribution in [0.15, 0.2) is 41.0 Å². The molecule has 0 radical (unpaired) electrons. The molecule has 1 atom stereocenters. The number of nitrogens with zero attached hydrogens (tertiary/aromatic N) is 1. The number of benzene rings is 1. The quantitative estimate of drug-likeness (QED) is 0.796. The second-order valence-electron chi connectivity index (χ2n) is 4.24. The van der Waals surface area contributed by atoms with Crippen LogP contribution in [0.3, 0.4) is 0 Å². The Morgan fingerprint density at radius 2 is 1.95 bits per heavy atom. The summed E-state index contributed by atoms with van der Waals surface area (Å²) in [7, 11) is 0. The highest BCUT2D eigenvalue weighted by Gasteiger charge is 2.15. The van der Waals surface area contributed by atoms with Crippen LogP contribution in [0.1, 0.15) is 28.9 Å². The Bertz CT molecular complexity index is 632. The first kappa shape index (κ1) is 15.3. The first-order valence-electron chi connectivity index (χ1n) is 5.84. The van der Waals surface area contributed by atoms with E-state index in [1.54, 1.807) is 24.4 Å². The van der Waals surface area contributed by atoms with Gasteiger partial charge in [0.1, 0.15) is 5.15 Å². The minimum atomic E-state index is -0.272. The van der Waals surface area contributed by atoms with Crippen molar-refractivity contribution >= 4 is 45.0 Å². The molecule has 0 aliphatic heterocycles. The van der Waals surface area contributed by atoms with Crippen molar-refractivity contribution in [2.24, 2.45) is 0 Å². The van der Waals surface area contributed by atoms with Gasteiger partial charge in [-0.25, -0.2) is 4.98 Å². The van der Waals surface area contributed by atoms with Gasteiger partial charge in [0.25, 0.3) is 5.91 Å². The van der Waals surface area contributed by atoms with Gasteiger partial charge >= 0.3 is 0 Å². The third kappa shape index (κ3) is 3.72. The summed E-state index contributed by atoms with van der Waals surface area (Å²) in [5.41, 5.74) is 1.30. The van der Waals surface area contributed by atoms with Gasteiger partial charge < -0.3 is 5.32 Å². The average Bonchev–Trinajstić information content (AvgIpc) is 2.42. The Kier molecular flexibility index (Phi) is 5.02. The lowest BCUT2D eigenvalue weighted by molar-refractivity contribution is 0.0939. The predicted octanol–water partition coefficient (Wildman–Crippen LogP) is 4.64. The minimum absolute atomic E-state index is 0.158. The van der Waals surface area contributed by atoms with E-state index in [4.69, 9.17) is 23.2 Å². The van der Waals surface area contributed by atoms with Crippen LogP contribution >= 0.6 is 39.1 Å². The second kappa shape index (κ2) is 6.57. The molecule has 0 spiro atoms. The van der Waals surface area contributed by atoms with Gasteiger partial charge in [-0.15, -0.1) is 0 Å². The first-order valence-corrected chi connectivity index (χ1v) is 7.39. The molecule has 1 N–H and O–H groups in total. The van der Waals surface area contributed by atoms with E-state index in [1.807, 2.05) is 19.1 Å². The third-order valence-corrected chi connectivity index (χ3v) is 3.75. The molecule has 0 bridgehead atoms. The highest BCUT2D eigenvalue weighted by molar-refractivity contribution is 9.10. The average molecular weight is 374 g/mol. The van der Waals surface area contributed by atoms with Crippen LogP contribution in [0.25, 0.3) is 0 Å². The number of hydrogen-bond acceptors (Lipinski definition) is 2. The number of halogens is 3. The summed E-state index contributed by atoms with van der Waals surface area (Å²) >= 11 is 15.0. The number of amides is 1. The molecule has 1 heterocycles. The van der Waals surface area contributed by atoms with Crippen LogP contribution in [0, 0.1) is 0 Å². The van der Waals surface area contributed by atoms with Gasteiger partial charge in [-0.2, -0.15) is 0 Å². The first-order chi connectivity index (χ1) is 9.47. The SMILES string of the molecule is CC(NC(=O)c1cc(Br)cnc1Cl)c1ccc(Cl)cc1. The van der Waals surface area contributed by atoms with E-state index in [9.17, 15) is 4.79 Å². The zero-order valence-corrected chi connectivity index (χ0v) is 13.6. The molecule has 2 rings (SSSR count). The summed E-state index contributed by atoms with van der Waals surface area (Å²) in [5.74, 6) is -0.272. The fourth-order valence-electron chi connectivity index (χ4n) is 1.69. The van der Waals surface area contributed by atoms with Gasteiger partial charge in [-0.1, -0.05) is 35.3 Å². The van der Waals surface area contributed by atoms with E-state index in [-0.39, 0.29) is 17.1 Å². The molecule has 2 aromatic rings. The number of hydrogen-bond donors (Lipinski definition) is 1. The number of pyridine rings is 1. The lowest BCUT2D eigenvalue weighted by Gasteiger charge is -2.15. The molecule has 1 aromatic carbocycles. The molecule has 1 unspecified atom stereocenters. The molecule has 1 aromatic heterocycles. The molecular formula is C14H11BrCl2N2O. The van der Waals surface area contributed by atoms with Gasteiger partial charge in [-0.3, -0.25) is 4.79 Å². The van der Waals surface area contributed by atoms with Crippen molar-refractivity contribution in [1.82, 2.24) is 10.3 Å². The smallest absolute Gasteiger partial charge is 0.254 e. The van der Waals surface area contributed by atoms with Crippen molar-refractivity contribution < 1.29 is 4.79 Å². The summed E-state index contributed by atoms with van der Waals surface area (Å²) in [4.78, 5) is 16.1. The van der Waals surface area contributed by atoms with Crippen molar-refractivity contribution in [2.45, 2.75) is 13.0 Å². The van der Waals surface area contributed by atoms with Crippen LogP contribution in [0.4, 0.5) is 0 Å². The van der Waals surface area contributed by atoms with Crippen LogP contribution in [-0.4, -0.2) is 10.9 Å². The molecule has 0 fully saturated rings. The molecule has 0 aliphatic carbocycles. The summed E-state index contributed by atoms with van der Waals surface area (Å²) in [5, 5.41) is 3.71. The fraction of sp³-hybridized carbons (Fsp3) is 0.143. The van der Waals surface area contributed by atoms with Crippen molar-refractivity contribution in [3.63, 3.8) is 0 Å². The van der Waals surface area contributed by atoms with Gasteiger partial charge in [-0.05, 0) is 46.6 Å². The van der Waals surface area contributed by atoms with E-state index < -0.39 is 0 Å². The normalized spacial score (nSPS) is 12.0. The van der Waals surface area contributed by atoms with Crippen LogP contribution in [0.5, 0.6) is 0 Å². The van der Waals surface area contributed by atoms with Gasteiger partial charge in [0.2, 0.25) is 0 Å². The highest BCUT2D eigenvalue weighted by Crippen LogP contribution is 2.20. The molecule has 20 heavy (non-hydrogen) atoms. The van der Waals surface area contributed by atoms with E-state index in [0.29, 0.717) is 15.1 Å². The minimum Gasteiger partial charge on any atom is -0.345 e. The lowest BCUT2D eigenvalue weighted by atomic mass is 10.1. The standard InChI is InChI=1S/C14H11BrCl2N2O/c1-8(9-2-4-11(16)5-3-9)19-14(20)12-6-10(15)7-18-13(12)17/h2-8H,1H3,(H,19,20). The summed E-state index contributed by atoms with van der Waals surface area (Å²) in [6.07, 6.45) is 1.54. The maximum Gasteiger partial charge on any atom is 0.254 e. The second-order valence-corrected chi connectivity index (χ2v) is 5.95. The number of carbonyl (C=O) groups excluding carboxylic acids is 1. The number of nitrogens with one attached hydrogen (secondary N) is 1. The topological polar surface area (TPSA) is 42.0 Å². The Balaban J connectivity index is 2.15. The summed E-state index contributed by atoms with van der Waals surface area (Å²) < 4.78 is 0.700. The molecule has 1 amide bonds. The highest BCUT2D eigenvalue weighted by atomic mass is 79.9. The number of rotatable bonds is 3. The molecule has 6 heteroatoms. The van der Waals surface area contributed by atoms with Crippen molar-refractivity contribution in [1.29, 1.82) is 0 Å². The third-order valence-electron chi connectivity index (χ3n) is 2.77. The van der Waals surface area contributed by atoms with Crippen LogP contribution in [-0.2, 0) is 0 Å². The van der Waals surface area contributed by atoms with Crippen molar-refractivity contribution in [3.8, 4) is 0 Å². The number of aromatic nitrogens is 1. The Hall–Kier alpha value is -1.10. The van der Waals surface area contributed by atoms with Crippen molar-refractivity contribution in [2.75, 3.05) is 0 Å². The van der Waals surface area contributed by atoms with E-state index in [2.05, 4.69) is 26.2 Å². The molecule has 0 saturated carbocycles. The fourth-order valence-corrected chi connectivity index (χ4v) is 2.34. The maximum atomic E-state index is 12.2. The monoisotopic (exact) mass is 372 g/mol. The van der Waals surface area contributed by atoms with Crippen molar-refractivity contribution in [3.05, 3.63) is 62.3 Å². The molecule has 104 valence electrons. The largest absolute Gasteiger partial charge is 0.345 e. The summed E-state index contributed by atoms with van der Waals surface area (Å²) in [6.45, 7) is 1.89. The lowest BCUT2D eigenvalue weighted by Crippen LogP contribution is -2.27. The molecule has 0 aliphatic rings. The van der Waals surface area contributed by atoms with Gasteiger partial charge in [0.15, 0.2) is 0 Å². The molecule has 3 nitrogen and oxygen atoms in total. The Morgan fingerprint density at radius 1 is 1.30 bits per heavy atom. The molecular weight excluding hydrogens is 363 g/mol. The van der Waals surface area contributed by atoms with E-state index in [0.717, 1.165) is 5.56 Å². The van der Waals surface area contributed by atoms with Crippen LogP contribution < -0.4 is 5.32 Å². The number of carbonyl (C=O) groups is 1. The summed E-state index contributed by atoms with van der Waals surface area (Å²) in [6, 6.07) is 8.79. The van der Waals surface area contributed by atoms with Crippen LogP contribution in [0.2, 0.25) is 10.2 Å². The van der Waals surface area contributed by atoms with Gasteiger partial charge in [0.05, 0.1) is 11.6 Å². The zero-order chi connectivity index (χ0) is 14.7. The molecule has 0 saturated heterocycles. The predicted molar refractivity (Wildman–Crippen MR) is 84.3 cm³/mol. The Labute approximate surface area is 135 Å². The van der Waals surface area contributed by atoms with E-state index in [1.165, 1.54) is 0 Å². The Morgan fingerprint density at radius 3 is 2.60 bits per heavy atom. The zero-order valence-electron chi connectivity index (χ0n) is 10.5. The van der Waals surface area contributed by atoms with E-state index >= 15 is 0 Å².